The minimum Gasteiger partial charge on any atom is -0.368 e. The highest BCUT2D eigenvalue weighted by Gasteiger charge is 2.44. The van der Waals surface area contributed by atoms with E-state index in [0.29, 0.717) is 28.4 Å². The maximum absolute atomic E-state index is 13.4. The molecule has 9 heteroatoms. The molecule has 1 atom stereocenters. The molecule has 160 valence electrons. The molecule has 0 saturated carbocycles. The fourth-order valence-electron chi connectivity index (χ4n) is 3.31. The van der Waals surface area contributed by atoms with Gasteiger partial charge in [0, 0.05) is 10.6 Å². The SMILES string of the molecule is CC(C)C[C@H](NC(=O)c1ccc(N2CC(F)(F)C2)c(-c2cccc(Cl)c2)n1)C(N)=O. The average molecular weight is 437 g/mol. The third-order valence-electron chi connectivity index (χ3n) is 4.75. The Kier molecular flexibility index (Phi) is 6.26. The molecule has 1 aliphatic rings. The summed E-state index contributed by atoms with van der Waals surface area (Å²) in [6.45, 7) is 2.97. The lowest BCUT2D eigenvalue weighted by Crippen LogP contribution is -2.56. The summed E-state index contributed by atoms with van der Waals surface area (Å²) in [6, 6.07) is 8.98. The molecule has 3 N–H and O–H groups in total. The maximum atomic E-state index is 13.4. The molecule has 1 aromatic heterocycles. The molecule has 0 radical (unpaired) electrons. The number of hydrogen-bond acceptors (Lipinski definition) is 4. The van der Waals surface area contributed by atoms with Gasteiger partial charge in [-0.2, -0.15) is 0 Å². The van der Waals surface area contributed by atoms with E-state index in [1.165, 1.54) is 11.0 Å². The Morgan fingerprint density at radius 2 is 1.97 bits per heavy atom. The number of alkyl halides is 2. The number of nitrogens with two attached hydrogens (primary N) is 1. The van der Waals surface area contributed by atoms with Gasteiger partial charge in [-0.1, -0.05) is 37.6 Å². The fourth-order valence-corrected chi connectivity index (χ4v) is 3.50. The minimum absolute atomic E-state index is 0.0519. The summed E-state index contributed by atoms with van der Waals surface area (Å²) in [5.41, 5.74) is 6.88. The number of pyridine rings is 1. The predicted octanol–water partition coefficient (Wildman–Crippen LogP) is 3.49. The quantitative estimate of drug-likeness (QED) is 0.695. The van der Waals surface area contributed by atoms with Crippen LogP contribution in [0, 0.1) is 5.92 Å². The van der Waals surface area contributed by atoms with E-state index < -0.39 is 36.9 Å². The van der Waals surface area contributed by atoms with Crippen LogP contribution in [-0.2, 0) is 4.79 Å². The second kappa shape index (κ2) is 8.55. The smallest absolute Gasteiger partial charge is 0.282 e. The first-order valence-corrected chi connectivity index (χ1v) is 9.93. The predicted molar refractivity (Wildman–Crippen MR) is 112 cm³/mol. The van der Waals surface area contributed by atoms with Gasteiger partial charge in [0.05, 0.1) is 24.5 Å². The number of benzene rings is 1. The van der Waals surface area contributed by atoms with E-state index in [-0.39, 0.29) is 11.6 Å². The Morgan fingerprint density at radius 1 is 1.27 bits per heavy atom. The first-order valence-electron chi connectivity index (χ1n) is 9.55. The summed E-state index contributed by atoms with van der Waals surface area (Å²) in [7, 11) is 0. The highest BCUT2D eigenvalue weighted by molar-refractivity contribution is 6.30. The van der Waals surface area contributed by atoms with Crippen LogP contribution < -0.4 is 16.0 Å². The molecular weight excluding hydrogens is 414 g/mol. The fraction of sp³-hybridized carbons (Fsp3) is 0.381. The number of aromatic nitrogens is 1. The van der Waals surface area contributed by atoms with Gasteiger partial charge in [-0.05, 0) is 36.6 Å². The van der Waals surface area contributed by atoms with Crippen LogP contribution in [0.25, 0.3) is 11.3 Å². The summed E-state index contributed by atoms with van der Waals surface area (Å²) in [5.74, 6) is -3.81. The zero-order valence-corrected chi connectivity index (χ0v) is 17.4. The molecule has 0 bridgehead atoms. The third kappa shape index (κ3) is 5.05. The van der Waals surface area contributed by atoms with Gasteiger partial charge >= 0.3 is 0 Å². The largest absolute Gasteiger partial charge is 0.368 e. The lowest BCUT2D eigenvalue weighted by atomic mass is 10.0. The lowest BCUT2D eigenvalue weighted by molar-refractivity contribution is -0.120. The molecule has 2 amide bonds. The normalized spacial score (nSPS) is 16.1. The Bertz CT molecular complexity index is 960. The number of halogens is 3. The molecule has 3 rings (SSSR count). The number of hydrogen-bond donors (Lipinski definition) is 2. The van der Waals surface area contributed by atoms with Crippen molar-refractivity contribution in [2.24, 2.45) is 11.7 Å². The van der Waals surface area contributed by atoms with Crippen LogP contribution in [0.4, 0.5) is 14.5 Å². The van der Waals surface area contributed by atoms with E-state index in [0.717, 1.165) is 0 Å². The second-order valence-electron chi connectivity index (χ2n) is 7.84. The number of anilines is 1. The molecule has 30 heavy (non-hydrogen) atoms. The summed E-state index contributed by atoms with van der Waals surface area (Å²) in [6.07, 6.45) is 0.392. The van der Waals surface area contributed by atoms with Crippen molar-refractivity contribution >= 4 is 29.1 Å². The van der Waals surface area contributed by atoms with E-state index in [2.05, 4.69) is 10.3 Å². The van der Waals surface area contributed by atoms with Gasteiger partial charge in [0.1, 0.15) is 11.7 Å². The van der Waals surface area contributed by atoms with E-state index in [4.69, 9.17) is 17.3 Å². The summed E-state index contributed by atoms with van der Waals surface area (Å²) in [4.78, 5) is 30.3. The Balaban J connectivity index is 1.94. The van der Waals surface area contributed by atoms with E-state index in [1.54, 1.807) is 30.3 Å². The molecule has 1 fully saturated rings. The van der Waals surface area contributed by atoms with Crippen molar-refractivity contribution in [2.45, 2.75) is 32.2 Å². The minimum atomic E-state index is -2.76. The highest BCUT2D eigenvalue weighted by atomic mass is 35.5. The van der Waals surface area contributed by atoms with Crippen LogP contribution in [0.2, 0.25) is 5.02 Å². The highest BCUT2D eigenvalue weighted by Crippen LogP contribution is 2.37. The van der Waals surface area contributed by atoms with Crippen molar-refractivity contribution in [1.82, 2.24) is 10.3 Å². The van der Waals surface area contributed by atoms with Crippen LogP contribution >= 0.6 is 11.6 Å². The van der Waals surface area contributed by atoms with Crippen LogP contribution in [0.15, 0.2) is 36.4 Å². The van der Waals surface area contributed by atoms with Crippen LogP contribution in [0.3, 0.4) is 0 Å². The number of carbonyl (C=O) groups excluding carboxylic acids is 2. The van der Waals surface area contributed by atoms with Crippen molar-refractivity contribution in [1.29, 1.82) is 0 Å². The molecule has 0 aliphatic carbocycles. The third-order valence-corrected chi connectivity index (χ3v) is 4.98. The van der Waals surface area contributed by atoms with Crippen molar-refractivity contribution in [3.8, 4) is 11.3 Å². The first-order chi connectivity index (χ1) is 14.1. The van der Waals surface area contributed by atoms with Gasteiger partial charge in [-0.15, -0.1) is 0 Å². The van der Waals surface area contributed by atoms with Gasteiger partial charge in [-0.25, -0.2) is 13.8 Å². The van der Waals surface area contributed by atoms with E-state index in [1.807, 2.05) is 13.8 Å². The molecule has 0 spiro atoms. The molecule has 1 saturated heterocycles. The van der Waals surface area contributed by atoms with Gasteiger partial charge in [0.25, 0.3) is 11.8 Å². The average Bonchev–Trinajstić information content (AvgIpc) is 2.64. The molecular formula is C21H23ClF2N4O2. The zero-order chi connectivity index (χ0) is 22.1. The topological polar surface area (TPSA) is 88.3 Å². The number of primary amides is 1. The molecule has 6 nitrogen and oxygen atoms in total. The summed E-state index contributed by atoms with van der Waals surface area (Å²) < 4.78 is 26.8. The second-order valence-corrected chi connectivity index (χ2v) is 8.28. The van der Waals surface area contributed by atoms with Crippen molar-refractivity contribution in [3.63, 3.8) is 0 Å². The molecule has 2 heterocycles. The number of amides is 2. The van der Waals surface area contributed by atoms with Gasteiger partial charge < -0.3 is 16.0 Å². The monoisotopic (exact) mass is 436 g/mol. The van der Waals surface area contributed by atoms with Crippen molar-refractivity contribution < 1.29 is 18.4 Å². The van der Waals surface area contributed by atoms with Gasteiger partial charge in [0.15, 0.2) is 0 Å². The van der Waals surface area contributed by atoms with Crippen LogP contribution in [-0.4, -0.2) is 41.9 Å². The van der Waals surface area contributed by atoms with Crippen LogP contribution in [0.1, 0.15) is 30.8 Å². The number of carbonyl (C=O) groups is 2. The number of nitrogens with zero attached hydrogens (tertiary/aromatic N) is 2. The molecule has 2 aromatic rings. The Hall–Kier alpha value is -2.74. The Labute approximate surface area is 178 Å². The maximum Gasteiger partial charge on any atom is 0.282 e. The number of nitrogens with one attached hydrogen (secondary N) is 1. The van der Waals surface area contributed by atoms with Crippen molar-refractivity contribution in [3.05, 3.63) is 47.1 Å². The lowest BCUT2D eigenvalue weighted by Gasteiger charge is -2.41. The summed E-state index contributed by atoms with van der Waals surface area (Å²) in [5, 5.41) is 3.06. The van der Waals surface area contributed by atoms with E-state index in [9.17, 15) is 18.4 Å². The Morgan fingerprint density at radius 3 is 2.53 bits per heavy atom. The summed E-state index contributed by atoms with van der Waals surface area (Å²) >= 11 is 6.08. The standard InChI is InChI=1S/C21H23ClF2N4O2/c1-12(2)8-16(19(25)29)27-20(30)15-6-7-17(28-10-21(23,24)11-28)18(26-15)13-4-3-5-14(22)9-13/h3-7,9,12,16H,8,10-11H2,1-2H3,(H2,25,29)(H,27,30)/t16-/m0/s1. The zero-order valence-electron chi connectivity index (χ0n) is 16.7. The first kappa shape index (κ1) is 22.0. The molecule has 1 aliphatic heterocycles. The van der Waals surface area contributed by atoms with E-state index >= 15 is 0 Å². The molecule has 0 unspecified atom stereocenters. The number of rotatable bonds is 7. The van der Waals surface area contributed by atoms with Crippen LogP contribution in [0.5, 0.6) is 0 Å². The van der Waals surface area contributed by atoms with Gasteiger partial charge in [-0.3, -0.25) is 9.59 Å². The van der Waals surface area contributed by atoms with Crippen molar-refractivity contribution in [2.75, 3.05) is 18.0 Å². The molecule has 1 aromatic carbocycles. The van der Waals surface area contributed by atoms with Gasteiger partial charge in [0.2, 0.25) is 5.91 Å².